The van der Waals surface area contributed by atoms with Crippen LogP contribution in [0.25, 0.3) is 10.2 Å². The van der Waals surface area contributed by atoms with Gasteiger partial charge in [0.2, 0.25) is 0 Å². The lowest BCUT2D eigenvalue weighted by atomic mass is 10.3. The van der Waals surface area contributed by atoms with Crippen molar-refractivity contribution in [2.75, 3.05) is 44.6 Å². The van der Waals surface area contributed by atoms with Gasteiger partial charge in [0.1, 0.15) is 0 Å². The second-order valence-corrected chi connectivity index (χ2v) is 7.05. The molecule has 8 heteroatoms. The molecule has 1 aromatic carbocycles. The van der Waals surface area contributed by atoms with Crippen LogP contribution in [0.4, 0.5) is 9.93 Å². The number of amides is 2. The van der Waals surface area contributed by atoms with Gasteiger partial charge in [0.15, 0.2) is 5.13 Å². The van der Waals surface area contributed by atoms with Crippen LogP contribution in [0.15, 0.2) is 22.7 Å². The summed E-state index contributed by atoms with van der Waals surface area (Å²) in [4.78, 5) is 18.6. The number of piperazine rings is 1. The topological polar surface area (TPSA) is 69.3 Å². The molecule has 0 aliphatic carbocycles. The molecule has 0 spiro atoms. The molecule has 1 saturated heterocycles. The minimum Gasteiger partial charge on any atom is -0.337 e. The molecule has 1 aromatic heterocycles. The third kappa shape index (κ3) is 4.16. The Hall–Kier alpha value is -1.22. The number of fused-ring (bicyclic) bond motifs is 1. The molecule has 118 valence electrons. The van der Waals surface area contributed by atoms with E-state index < -0.39 is 0 Å². The number of nitrogens with zero attached hydrogens (tertiary/aromatic N) is 2. The van der Waals surface area contributed by atoms with Gasteiger partial charge in [-0.05, 0) is 18.2 Å². The summed E-state index contributed by atoms with van der Waals surface area (Å²) in [5.41, 5.74) is 0.893. The molecule has 1 aliphatic heterocycles. The number of thiazole rings is 1. The highest BCUT2D eigenvalue weighted by Crippen LogP contribution is 2.28. The molecule has 3 N–H and O–H groups in total. The fraction of sp³-hybridized carbons (Fsp3) is 0.429. The molecule has 6 nitrogen and oxygen atoms in total. The Morgan fingerprint density at radius 2 is 2.23 bits per heavy atom. The summed E-state index contributed by atoms with van der Waals surface area (Å²) >= 11 is 4.90. The van der Waals surface area contributed by atoms with Crippen LogP contribution in [0.3, 0.4) is 0 Å². The van der Waals surface area contributed by atoms with Crippen molar-refractivity contribution in [3.8, 4) is 0 Å². The SMILES string of the molecule is O=C(NCCN1CCNCC1)Nc1nc2ccc(Br)cc2s1. The molecular weight excluding hydrogens is 366 g/mol. The molecule has 2 amide bonds. The number of hydrogen-bond donors (Lipinski definition) is 3. The van der Waals surface area contributed by atoms with Crippen molar-refractivity contribution >= 4 is 48.6 Å². The molecule has 2 aromatic rings. The number of nitrogens with one attached hydrogen (secondary N) is 3. The number of carbonyl (C=O) groups excluding carboxylic acids is 1. The lowest BCUT2D eigenvalue weighted by Gasteiger charge is -2.27. The van der Waals surface area contributed by atoms with E-state index in [2.05, 4.69) is 41.8 Å². The predicted molar refractivity (Wildman–Crippen MR) is 93.7 cm³/mol. The smallest absolute Gasteiger partial charge is 0.321 e. The van der Waals surface area contributed by atoms with Crippen LogP contribution in [0.5, 0.6) is 0 Å². The van der Waals surface area contributed by atoms with Crippen molar-refractivity contribution in [2.45, 2.75) is 0 Å². The maximum absolute atomic E-state index is 11.9. The zero-order valence-electron chi connectivity index (χ0n) is 12.1. The second-order valence-electron chi connectivity index (χ2n) is 5.10. The van der Waals surface area contributed by atoms with Crippen molar-refractivity contribution in [3.63, 3.8) is 0 Å². The summed E-state index contributed by atoms with van der Waals surface area (Å²) in [5, 5.41) is 9.61. The molecule has 0 radical (unpaired) electrons. The number of rotatable bonds is 4. The zero-order valence-corrected chi connectivity index (χ0v) is 14.5. The van der Waals surface area contributed by atoms with E-state index in [0.717, 1.165) is 47.4 Å². The van der Waals surface area contributed by atoms with Crippen LogP contribution in [0.2, 0.25) is 0 Å². The summed E-state index contributed by atoms with van der Waals surface area (Å²) in [7, 11) is 0. The average molecular weight is 384 g/mol. The van der Waals surface area contributed by atoms with Crippen LogP contribution in [-0.4, -0.2) is 55.2 Å². The van der Waals surface area contributed by atoms with Gasteiger partial charge < -0.3 is 10.6 Å². The van der Waals surface area contributed by atoms with Gasteiger partial charge in [-0.3, -0.25) is 10.2 Å². The lowest BCUT2D eigenvalue weighted by Crippen LogP contribution is -2.46. The van der Waals surface area contributed by atoms with E-state index >= 15 is 0 Å². The van der Waals surface area contributed by atoms with Crippen LogP contribution >= 0.6 is 27.3 Å². The summed E-state index contributed by atoms with van der Waals surface area (Å²) in [6.07, 6.45) is 0. The van der Waals surface area contributed by atoms with E-state index in [1.54, 1.807) is 0 Å². The quantitative estimate of drug-likeness (QED) is 0.755. The van der Waals surface area contributed by atoms with Crippen molar-refractivity contribution < 1.29 is 4.79 Å². The molecule has 1 aliphatic rings. The van der Waals surface area contributed by atoms with Gasteiger partial charge >= 0.3 is 6.03 Å². The molecule has 0 saturated carbocycles. The minimum atomic E-state index is -0.201. The molecule has 2 heterocycles. The van der Waals surface area contributed by atoms with Crippen molar-refractivity contribution in [3.05, 3.63) is 22.7 Å². The molecule has 0 unspecified atom stereocenters. The van der Waals surface area contributed by atoms with Gasteiger partial charge in [-0.2, -0.15) is 0 Å². The molecule has 0 bridgehead atoms. The van der Waals surface area contributed by atoms with E-state index in [4.69, 9.17) is 0 Å². The number of aromatic nitrogens is 1. The van der Waals surface area contributed by atoms with E-state index in [-0.39, 0.29) is 6.03 Å². The first kappa shape index (κ1) is 15.7. The Bertz CT molecular complexity index is 656. The van der Waals surface area contributed by atoms with Crippen LogP contribution < -0.4 is 16.0 Å². The van der Waals surface area contributed by atoms with Crippen molar-refractivity contribution in [1.82, 2.24) is 20.5 Å². The zero-order chi connectivity index (χ0) is 15.4. The number of urea groups is 1. The van der Waals surface area contributed by atoms with Crippen molar-refractivity contribution in [1.29, 1.82) is 0 Å². The maximum Gasteiger partial charge on any atom is 0.321 e. The predicted octanol–water partition coefficient (Wildman–Crippen LogP) is 2.09. The molecule has 22 heavy (non-hydrogen) atoms. The standard InChI is InChI=1S/C14H18BrN5OS/c15-10-1-2-11-12(9-10)22-14(18-11)19-13(21)17-5-8-20-6-3-16-4-7-20/h1-2,9,16H,3-8H2,(H2,17,18,19,21). The second kappa shape index (κ2) is 7.36. The molecule has 1 fully saturated rings. The number of benzene rings is 1. The highest BCUT2D eigenvalue weighted by Gasteiger charge is 2.10. The highest BCUT2D eigenvalue weighted by molar-refractivity contribution is 9.10. The first-order chi connectivity index (χ1) is 10.7. The largest absolute Gasteiger partial charge is 0.337 e. The molecule has 3 rings (SSSR count). The Morgan fingerprint density at radius 3 is 3.05 bits per heavy atom. The van der Waals surface area contributed by atoms with Gasteiger partial charge in [0, 0.05) is 43.7 Å². The Morgan fingerprint density at radius 1 is 1.41 bits per heavy atom. The fourth-order valence-electron chi connectivity index (χ4n) is 2.36. The van der Waals surface area contributed by atoms with E-state index in [1.807, 2.05) is 18.2 Å². The monoisotopic (exact) mass is 383 g/mol. The number of halogens is 1. The minimum absolute atomic E-state index is 0.201. The Labute approximate surface area is 141 Å². The summed E-state index contributed by atoms with van der Waals surface area (Å²) < 4.78 is 2.06. The number of hydrogen-bond acceptors (Lipinski definition) is 5. The molecule has 0 atom stereocenters. The summed E-state index contributed by atoms with van der Waals surface area (Å²) in [6, 6.07) is 5.68. The first-order valence-corrected chi connectivity index (χ1v) is 8.86. The van der Waals surface area contributed by atoms with Crippen LogP contribution in [0.1, 0.15) is 0 Å². The Balaban J connectivity index is 1.47. The normalized spacial score (nSPS) is 15.9. The molecular formula is C14H18BrN5OS. The van der Waals surface area contributed by atoms with Gasteiger partial charge in [-0.1, -0.05) is 27.3 Å². The lowest BCUT2D eigenvalue weighted by molar-refractivity contribution is 0.233. The van der Waals surface area contributed by atoms with Gasteiger partial charge in [-0.25, -0.2) is 9.78 Å². The van der Waals surface area contributed by atoms with Gasteiger partial charge in [0.25, 0.3) is 0 Å². The third-order valence-corrected chi connectivity index (χ3v) is 4.92. The summed E-state index contributed by atoms with van der Waals surface area (Å²) in [5.74, 6) is 0. The number of anilines is 1. The first-order valence-electron chi connectivity index (χ1n) is 7.25. The number of carbonyl (C=O) groups is 1. The maximum atomic E-state index is 11.9. The van der Waals surface area contributed by atoms with Crippen LogP contribution in [0, 0.1) is 0 Å². The fourth-order valence-corrected chi connectivity index (χ4v) is 3.77. The van der Waals surface area contributed by atoms with E-state index in [9.17, 15) is 4.79 Å². The van der Waals surface area contributed by atoms with Gasteiger partial charge in [0.05, 0.1) is 10.2 Å². The average Bonchev–Trinajstić information content (AvgIpc) is 2.89. The van der Waals surface area contributed by atoms with Crippen molar-refractivity contribution in [2.24, 2.45) is 0 Å². The Kier molecular flexibility index (Phi) is 5.24. The third-order valence-electron chi connectivity index (χ3n) is 3.49. The summed E-state index contributed by atoms with van der Waals surface area (Å²) in [6.45, 7) is 5.64. The van der Waals surface area contributed by atoms with Crippen LogP contribution in [-0.2, 0) is 0 Å². The van der Waals surface area contributed by atoms with E-state index in [1.165, 1.54) is 11.3 Å². The van der Waals surface area contributed by atoms with E-state index in [0.29, 0.717) is 11.7 Å². The van der Waals surface area contributed by atoms with Gasteiger partial charge in [-0.15, -0.1) is 0 Å². The highest BCUT2D eigenvalue weighted by atomic mass is 79.9.